The van der Waals surface area contributed by atoms with E-state index in [0.29, 0.717) is 55.1 Å². The van der Waals surface area contributed by atoms with Crippen molar-refractivity contribution in [3.8, 4) is 5.75 Å². The number of amides is 1. The molecule has 12 heteroatoms. The van der Waals surface area contributed by atoms with Gasteiger partial charge >= 0.3 is 0 Å². The molecular weight excluding hydrogens is 537 g/mol. The van der Waals surface area contributed by atoms with Gasteiger partial charge in [-0.1, -0.05) is 36.4 Å². The lowest BCUT2D eigenvalue weighted by molar-refractivity contribution is -0.126. The highest BCUT2D eigenvalue weighted by Crippen LogP contribution is 2.34. The fraction of sp³-hybridized carbons (Fsp3) is 0.286. The zero-order valence-corrected chi connectivity index (χ0v) is 22.9. The summed E-state index contributed by atoms with van der Waals surface area (Å²) in [6.07, 6.45) is 0. The van der Waals surface area contributed by atoms with Crippen LogP contribution in [0.15, 0.2) is 65.6 Å². The van der Waals surface area contributed by atoms with E-state index in [1.54, 1.807) is 23.7 Å². The number of carbonyl (C=O) groups excluding carboxylic acids is 1. The number of hydrogen-bond donors (Lipinski definition) is 3. The number of rotatable bonds is 9. The minimum absolute atomic E-state index is 0.0686. The van der Waals surface area contributed by atoms with Crippen LogP contribution in [0.25, 0.3) is 10.9 Å². The Morgan fingerprint density at radius 1 is 1.18 bits per heavy atom. The second-order valence-electron chi connectivity index (χ2n) is 9.50. The fourth-order valence-corrected chi connectivity index (χ4v) is 5.56. The first-order chi connectivity index (χ1) is 19.2. The van der Waals surface area contributed by atoms with Crippen molar-refractivity contribution in [3.05, 3.63) is 83.2 Å². The average Bonchev–Trinajstić information content (AvgIpc) is 3.30. The van der Waals surface area contributed by atoms with Crippen LogP contribution in [0.2, 0.25) is 0 Å². The van der Waals surface area contributed by atoms with E-state index in [4.69, 9.17) is 9.47 Å². The van der Waals surface area contributed by atoms with E-state index in [9.17, 15) is 17.6 Å². The molecule has 1 aliphatic heterocycles. The minimum atomic E-state index is -4.14. The number of nitrogens with zero attached hydrogens (tertiary/aromatic N) is 2. The maximum atomic E-state index is 14.1. The molecule has 10 nitrogen and oxygen atoms in total. The largest absolute Gasteiger partial charge is 0.496 e. The Kier molecular flexibility index (Phi) is 8.01. The molecule has 0 radical (unpaired) electrons. The van der Waals surface area contributed by atoms with E-state index >= 15 is 0 Å². The monoisotopic (exact) mass is 567 g/mol. The van der Waals surface area contributed by atoms with Crippen molar-refractivity contribution in [2.45, 2.75) is 31.0 Å². The summed E-state index contributed by atoms with van der Waals surface area (Å²) in [5.74, 6) is -0.233. The Morgan fingerprint density at radius 2 is 1.98 bits per heavy atom. The highest BCUT2D eigenvalue weighted by atomic mass is 32.2. The lowest BCUT2D eigenvalue weighted by atomic mass is 10.1. The Labute approximate surface area is 231 Å². The quantitative estimate of drug-likeness (QED) is 0.284. The van der Waals surface area contributed by atoms with Crippen LogP contribution >= 0.6 is 0 Å². The molecule has 1 saturated heterocycles. The van der Waals surface area contributed by atoms with Gasteiger partial charge in [0.1, 0.15) is 17.6 Å². The zero-order valence-electron chi connectivity index (χ0n) is 22.1. The first kappa shape index (κ1) is 27.6. The molecule has 1 fully saturated rings. The molecule has 2 heterocycles. The van der Waals surface area contributed by atoms with E-state index in [1.165, 1.54) is 19.2 Å². The smallest absolute Gasteiger partial charge is 0.263 e. The van der Waals surface area contributed by atoms with Crippen molar-refractivity contribution < 1.29 is 27.1 Å². The SMILES string of the molecule is COc1cccc2c1c(NS(=O)(=O)c1ccc(C)c(F)c1)nn2Cc1cccc(CNC(=O)[C@H]2COCCN2)c1. The number of hydrogen-bond acceptors (Lipinski definition) is 7. The number of methoxy groups -OCH3 is 1. The lowest BCUT2D eigenvalue weighted by Gasteiger charge is -2.22. The molecule has 1 aromatic heterocycles. The molecule has 0 spiro atoms. The van der Waals surface area contributed by atoms with Crippen LogP contribution in [0.5, 0.6) is 5.75 Å². The summed E-state index contributed by atoms with van der Waals surface area (Å²) in [7, 11) is -2.64. The molecule has 1 atom stereocenters. The zero-order chi connectivity index (χ0) is 28.3. The number of benzene rings is 3. The second kappa shape index (κ2) is 11.6. The number of anilines is 1. The number of aromatic nitrogens is 2. The number of carbonyl (C=O) groups is 1. The number of morpholine rings is 1. The molecule has 0 bridgehead atoms. The van der Waals surface area contributed by atoms with Crippen molar-refractivity contribution in [2.24, 2.45) is 0 Å². The minimum Gasteiger partial charge on any atom is -0.496 e. The Balaban J connectivity index is 1.40. The predicted octanol–water partition coefficient (Wildman–Crippen LogP) is 2.95. The average molecular weight is 568 g/mol. The molecule has 0 aliphatic carbocycles. The van der Waals surface area contributed by atoms with Gasteiger partial charge in [0.05, 0.1) is 42.7 Å². The van der Waals surface area contributed by atoms with Crippen LogP contribution in [0, 0.1) is 12.7 Å². The number of halogens is 1. The van der Waals surface area contributed by atoms with E-state index in [2.05, 4.69) is 20.5 Å². The molecule has 3 N–H and O–H groups in total. The number of sulfonamides is 1. The van der Waals surface area contributed by atoms with Crippen LogP contribution in [-0.2, 0) is 32.6 Å². The van der Waals surface area contributed by atoms with Crippen LogP contribution < -0.4 is 20.1 Å². The van der Waals surface area contributed by atoms with Crippen molar-refractivity contribution >= 4 is 32.7 Å². The Hall–Kier alpha value is -4.00. The number of nitrogens with one attached hydrogen (secondary N) is 3. The highest BCUT2D eigenvalue weighted by Gasteiger charge is 2.23. The molecule has 40 heavy (non-hydrogen) atoms. The van der Waals surface area contributed by atoms with Crippen molar-refractivity contribution in [1.82, 2.24) is 20.4 Å². The lowest BCUT2D eigenvalue weighted by Crippen LogP contribution is -2.51. The first-order valence-corrected chi connectivity index (χ1v) is 14.2. The van der Waals surface area contributed by atoms with E-state index in [1.807, 2.05) is 30.3 Å². The van der Waals surface area contributed by atoms with Gasteiger partial charge in [-0.25, -0.2) is 12.8 Å². The normalized spacial score (nSPS) is 15.6. The molecule has 1 amide bonds. The molecule has 1 aliphatic rings. The van der Waals surface area contributed by atoms with Crippen molar-refractivity contribution in [1.29, 1.82) is 0 Å². The third-order valence-corrected chi connectivity index (χ3v) is 8.01. The summed E-state index contributed by atoms with van der Waals surface area (Å²) in [4.78, 5) is 12.2. The summed E-state index contributed by atoms with van der Waals surface area (Å²) in [6, 6.07) is 16.4. The van der Waals surface area contributed by atoms with Crippen LogP contribution in [-0.4, -0.2) is 57.0 Å². The second-order valence-corrected chi connectivity index (χ2v) is 11.2. The van der Waals surface area contributed by atoms with Gasteiger partial charge in [-0.3, -0.25) is 14.2 Å². The molecular formula is C28H30FN5O5S. The van der Waals surface area contributed by atoms with Gasteiger partial charge in [-0.2, -0.15) is 5.10 Å². The van der Waals surface area contributed by atoms with Crippen LogP contribution in [0.1, 0.15) is 16.7 Å². The summed E-state index contributed by atoms with van der Waals surface area (Å²) in [5.41, 5.74) is 2.79. The van der Waals surface area contributed by atoms with E-state index in [0.717, 1.165) is 17.2 Å². The molecule has 210 valence electrons. The van der Waals surface area contributed by atoms with E-state index in [-0.39, 0.29) is 22.7 Å². The summed E-state index contributed by atoms with van der Waals surface area (Å²) < 4.78 is 55.5. The van der Waals surface area contributed by atoms with Gasteiger partial charge in [-0.15, -0.1) is 0 Å². The van der Waals surface area contributed by atoms with Gasteiger partial charge in [0.25, 0.3) is 10.0 Å². The van der Waals surface area contributed by atoms with Crippen molar-refractivity contribution in [3.63, 3.8) is 0 Å². The molecule has 4 aromatic rings. The summed E-state index contributed by atoms with van der Waals surface area (Å²) in [5, 5.41) is 11.1. The van der Waals surface area contributed by atoms with Crippen LogP contribution in [0.3, 0.4) is 0 Å². The number of aryl methyl sites for hydroxylation is 1. The predicted molar refractivity (Wildman–Crippen MR) is 148 cm³/mol. The maximum absolute atomic E-state index is 14.1. The standard InChI is InChI=1S/C28H30FN5O5S/c1-18-9-10-21(14-22(18)29)40(36,37)33-27-26-24(7-4-8-25(26)38-2)34(32-27)16-20-6-3-5-19(13-20)15-31-28(35)23-17-39-12-11-30-23/h3-10,13-14,23,30H,11-12,15-17H2,1-2H3,(H,31,35)(H,32,33)/t23-/m1/s1. The topological polar surface area (TPSA) is 124 Å². The molecule has 5 rings (SSSR count). The Bertz CT molecular complexity index is 1650. The van der Waals surface area contributed by atoms with Gasteiger partial charge in [0.2, 0.25) is 5.91 Å². The summed E-state index contributed by atoms with van der Waals surface area (Å²) >= 11 is 0. The fourth-order valence-electron chi connectivity index (χ4n) is 4.54. The molecule has 0 unspecified atom stereocenters. The third-order valence-electron chi connectivity index (χ3n) is 6.67. The maximum Gasteiger partial charge on any atom is 0.263 e. The Morgan fingerprint density at radius 3 is 2.73 bits per heavy atom. The molecule has 0 saturated carbocycles. The van der Waals surface area contributed by atoms with Gasteiger partial charge in [0, 0.05) is 13.1 Å². The third kappa shape index (κ3) is 5.93. The molecule has 3 aromatic carbocycles. The van der Waals surface area contributed by atoms with E-state index < -0.39 is 15.8 Å². The number of fused-ring (bicyclic) bond motifs is 1. The highest BCUT2D eigenvalue weighted by molar-refractivity contribution is 7.92. The van der Waals surface area contributed by atoms with Crippen molar-refractivity contribution in [2.75, 3.05) is 31.6 Å². The van der Waals surface area contributed by atoms with Gasteiger partial charge in [0.15, 0.2) is 5.82 Å². The first-order valence-electron chi connectivity index (χ1n) is 12.7. The van der Waals surface area contributed by atoms with Crippen LogP contribution in [0.4, 0.5) is 10.2 Å². The number of ether oxygens (including phenoxy) is 2. The van der Waals surface area contributed by atoms with Gasteiger partial charge < -0.3 is 20.1 Å². The summed E-state index contributed by atoms with van der Waals surface area (Å²) in [6.45, 7) is 3.79. The van der Waals surface area contributed by atoms with Gasteiger partial charge in [-0.05, 0) is 47.9 Å².